The van der Waals surface area contributed by atoms with Crippen molar-refractivity contribution in [3.8, 4) is 0 Å². The van der Waals surface area contributed by atoms with Crippen LogP contribution < -0.4 is 10.6 Å². The molecule has 2 aliphatic heterocycles. The SMILES string of the molecule is CC(C)(C)CC(=O)N1CSCC1C(=O)NCC1NCCc2ccccc21.Cl. The number of fused-ring (bicyclic) bond motifs is 1. The molecule has 1 saturated heterocycles. The average molecular weight is 412 g/mol. The molecule has 0 aromatic heterocycles. The van der Waals surface area contributed by atoms with Crippen molar-refractivity contribution in [2.24, 2.45) is 5.41 Å². The Morgan fingerprint density at radius 3 is 2.78 bits per heavy atom. The van der Waals surface area contributed by atoms with Gasteiger partial charge in [0.15, 0.2) is 0 Å². The monoisotopic (exact) mass is 411 g/mol. The number of carbonyl (C=O) groups is 2. The number of hydrogen-bond acceptors (Lipinski definition) is 4. The first-order valence-corrected chi connectivity index (χ1v) is 10.5. The van der Waals surface area contributed by atoms with Gasteiger partial charge in [0.2, 0.25) is 11.8 Å². The minimum absolute atomic E-state index is 0. The molecule has 0 saturated carbocycles. The van der Waals surface area contributed by atoms with Gasteiger partial charge in [0.05, 0.1) is 5.88 Å². The fourth-order valence-electron chi connectivity index (χ4n) is 3.56. The van der Waals surface area contributed by atoms with Crippen LogP contribution in [-0.2, 0) is 16.0 Å². The lowest BCUT2D eigenvalue weighted by Crippen LogP contribution is -2.49. The molecule has 3 rings (SSSR count). The van der Waals surface area contributed by atoms with E-state index in [2.05, 4.69) is 49.6 Å². The van der Waals surface area contributed by atoms with E-state index in [9.17, 15) is 9.59 Å². The standard InChI is InChI=1S/C20H29N3O2S.ClH/c1-20(2,3)10-18(24)23-13-26-12-17(23)19(25)22-11-16-15-7-5-4-6-14(15)8-9-21-16;/h4-7,16-17,21H,8-13H2,1-3H3,(H,22,25);1H. The topological polar surface area (TPSA) is 61.4 Å². The summed E-state index contributed by atoms with van der Waals surface area (Å²) in [6, 6.07) is 8.18. The van der Waals surface area contributed by atoms with Gasteiger partial charge in [-0.25, -0.2) is 0 Å². The normalized spacial score (nSPS) is 22.0. The summed E-state index contributed by atoms with van der Waals surface area (Å²) >= 11 is 1.65. The van der Waals surface area contributed by atoms with Crippen LogP contribution in [0.1, 0.15) is 44.4 Å². The summed E-state index contributed by atoms with van der Waals surface area (Å²) in [5.74, 6) is 1.32. The Morgan fingerprint density at radius 2 is 2.04 bits per heavy atom. The van der Waals surface area contributed by atoms with Gasteiger partial charge in [0.1, 0.15) is 6.04 Å². The third-order valence-corrected chi connectivity index (χ3v) is 5.90. The zero-order valence-electron chi connectivity index (χ0n) is 16.3. The maximum absolute atomic E-state index is 12.7. The van der Waals surface area contributed by atoms with Gasteiger partial charge < -0.3 is 15.5 Å². The summed E-state index contributed by atoms with van der Waals surface area (Å²) < 4.78 is 0. The third kappa shape index (κ3) is 5.62. The molecule has 150 valence electrons. The molecular weight excluding hydrogens is 382 g/mol. The van der Waals surface area contributed by atoms with Crippen molar-refractivity contribution in [1.29, 1.82) is 0 Å². The molecule has 1 aromatic carbocycles. The number of amides is 2. The van der Waals surface area contributed by atoms with Crippen LogP contribution in [0.15, 0.2) is 24.3 Å². The largest absolute Gasteiger partial charge is 0.352 e. The van der Waals surface area contributed by atoms with E-state index in [1.807, 2.05) is 6.07 Å². The van der Waals surface area contributed by atoms with Crippen LogP contribution in [0.25, 0.3) is 0 Å². The predicted octanol–water partition coefficient (Wildman–Crippen LogP) is 2.75. The summed E-state index contributed by atoms with van der Waals surface area (Å²) in [6.45, 7) is 7.63. The van der Waals surface area contributed by atoms with Gasteiger partial charge >= 0.3 is 0 Å². The fraction of sp³-hybridized carbons (Fsp3) is 0.600. The van der Waals surface area contributed by atoms with Crippen molar-refractivity contribution < 1.29 is 9.59 Å². The van der Waals surface area contributed by atoms with E-state index in [1.54, 1.807) is 16.7 Å². The van der Waals surface area contributed by atoms with Crippen LogP contribution in [0.4, 0.5) is 0 Å². The molecule has 1 fully saturated rings. The first-order valence-electron chi connectivity index (χ1n) is 9.31. The second kappa shape index (κ2) is 9.30. The number of carbonyl (C=O) groups excluding carboxylic acids is 2. The van der Waals surface area contributed by atoms with E-state index >= 15 is 0 Å². The molecule has 0 spiro atoms. The van der Waals surface area contributed by atoms with Crippen LogP contribution in [0.2, 0.25) is 0 Å². The smallest absolute Gasteiger partial charge is 0.243 e. The summed E-state index contributed by atoms with van der Waals surface area (Å²) in [6.07, 6.45) is 1.49. The maximum Gasteiger partial charge on any atom is 0.243 e. The molecule has 0 radical (unpaired) electrons. The second-order valence-electron chi connectivity index (χ2n) is 8.32. The zero-order chi connectivity index (χ0) is 18.7. The molecule has 2 aliphatic rings. The summed E-state index contributed by atoms with van der Waals surface area (Å²) in [4.78, 5) is 27.0. The Labute approximate surface area is 172 Å². The summed E-state index contributed by atoms with van der Waals surface area (Å²) in [7, 11) is 0. The van der Waals surface area contributed by atoms with Crippen molar-refractivity contribution in [2.75, 3.05) is 24.7 Å². The lowest BCUT2D eigenvalue weighted by Gasteiger charge is -2.29. The van der Waals surface area contributed by atoms with Crippen molar-refractivity contribution in [2.45, 2.75) is 45.7 Å². The predicted molar refractivity (Wildman–Crippen MR) is 113 cm³/mol. The van der Waals surface area contributed by atoms with Gasteiger partial charge in [-0.05, 0) is 29.5 Å². The van der Waals surface area contributed by atoms with Gasteiger partial charge in [0.25, 0.3) is 0 Å². The van der Waals surface area contributed by atoms with Crippen molar-refractivity contribution >= 4 is 36.0 Å². The van der Waals surface area contributed by atoms with Crippen LogP contribution in [0.5, 0.6) is 0 Å². The van der Waals surface area contributed by atoms with Crippen molar-refractivity contribution in [3.05, 3.63) is 35.4 Å². The molecule has 0 bridgehead atoms. The van der Waals surface area contributed by atoms with Crippen LogP contribution in [0, 0.1) is 5.41 Å². The molecule has 2 atom stereocenters. The maximum atomic E-state index is 12.7. The van der Waals surface area contributed by atoms with Crippen molar-refractivity contribution in [1.82, 2.24) is 15.5 Å². The number of hydrogen-bond donors (Lipinski definition) is 2. The van der Waals surface area contributed by atoms with Crippen molar-refractivity contribution in [3.63, 3.8) is 0 Å². The minimum Gasteiger partial charge on any atom is -0.352 e. The van der Waals surface area contributed by atoms with E-state index in [1.165, 1.54) is 11.1 Å². The van der Waals surface area contributed by atoms with E-state index in [0.29, 0.717) is 24.6 Å². The van der Waals surface area contributed by atoms with Gasteiger partial charge in [-0.15, -0.1) is 24.2 Å². The number of thioether (sulfide) groups is 1. The molecule has 1 aromatic rings. The number of nitrogens with zero attached hydrogens (tertiary/aromatic N) is 1. The quantitative estimate of drug-likeness (QED) is 0.799. The van der Waals surface area contributed by atoms with Gasteiger partial charge in [-0.3, -0.25) is 9.59 Å². The lowest BCUT2D eigenvalue weighted by molar-refractivity contribution is -0.139. The van der Waals surface area contributed by atoms with Gasteiger partial charge in [0, 0.05) is 24.8 Å². The van der Waals surface area contributed by atoms with Crippen LogP contribution in [-0.4, -0.2) is 47.5 Å². The molecule has 2 heterocycles. The average Bonchev–Trinajstić information content (AvgIpc) is 3.08. The highest BCUT2D eigenvalue weighted by Gasteiger charge is 2.36. The third-order valence-electron chi connectivity index (χ3n) is 4.88. The van der Waals surface area contributed by atoms with E-state index in [4.69, 9.17) is 0 Å². The lowest BCUT2D eigenvalue weighted by atomic mass is 9.91. The minimum atomic E-state index is -0.353. The molecule has 2 N–H and O–H groups in total. The summed E-state index contributed by atoms with van der Waals surface area (Å²) in [5, 5.41) is 6.56. The van der Waals surface area contributed by atoms with E-state index < -0.39 is 0 Å². The van der Waals surface area contributed by atoms with Crippen LogP contribution in [0.3, 0.4) is 0 Å². The van der Waals surface area contributed by atoms with Gasteiger partial charge in [-0.2, -0.15) is 0 Å². The number of halogens is 1. The zero-order valence-corrected chi connectivity index (χ0v) is 17.9. The Kier molecular flexibility index (Phi) is 7.60. The molecule has 27 heavy (non-hydrogen) atoms. The number of benzene rings is 1. The van der Waals surface area contributed by atoms with E-state index in [0.717, 1.165) is 13.0 Å². The highest BCUT2D eigenvalue weighted by atomic mass is 35.5. The molecule has 5 nitrogen and oxygen atoms in total. The first-order chi connectivity index (χ1) is 12.3. The molecule has 7 heteroatoms. The molecule has 2 amide bonds. The Morgan fingerprint density at radius 1 is 1.30 bits per heavy atom. The number of rotatable bonds is 4. The fourth-order valence-corrected chi connectivity index (χ4v) is 4.74. The highest BCUT2D eigenvalue weighted by molar-refractivity contribution is 7.99. The van der Waals surface area contributed by atoms with E-state index in [-0.39, 0.29) is 41.7 Å². The first kappa shape index (κ1) is 22.1. The second-order valence-corrected chi connectivity index (χ2v) is 9.32. The molecule has 2 unspecified atom stereocenters. The Hall–Kier alpha value is -1.24. The molecular formula is C20H30ClN3O2S. The molecule has 0 aliphatic carbocycles. The van der Waals surface area contributed by atoms with Crippen LogP contribution >= 0.6 is 24.2 Å². The summed E-state index contributed by atoms with van der Waals surface area (Å²) in [5.41, 5.74) is 2.55. The Balaban J connectivity index is 0.00000261. The van der Waals surface area contributed by atoms with Gasteiger partial charge in [-0.1, -0.05) is 45.0 Å². The number of nitrogens with one attached hydrogen (secondary N) is 2. The highest BCUT2D eigenvalue weighted by Crippen LogP contribution is 2.27. The Bertz CT molecular complexity index is 677.